The van der Waals surface area contributed by atoms with Gasteiger partial charge in [0.05, 0.1) is 19.8 Å². The first-order valence-electron chi connectivity index (χ1n) is 18.5. The third-order valence-corrected chi connectivity index (χ3v) is 9.64. The highest BCUT2D eigenvalue weighted by molar-refractivity contribution is 7.47. The van der Waals surface area contributed by atoms with Crippen LogP contribution >= 0.6 is 15.6 Å². The Hall–Kier alpha value is -0.880. The molecule has 2 unspecified atom stereocenters. The Kier molecular flexibility index (Phi) is 29.1. The average molecular weight is 747 g/mol. The van der Waals surface area contributed by atoms with Crippen molar-refractivity contribution in [1.82, 2.24) is 0 Å². The summed E-state index contributed by atoms with van der Waals surface area (Å²) in [6, 6.07) is 0. The molecule has 0 amide bonds. The van der Waals surface area contributed by atoms with Crippen LogP contribution in [0.5, 0.6) is 0 Å². The lowest BCUT2D eigenvalue weighted by atomic mass is 10.00. The van der Waals surface area contributed by atoms with Crippen molar-refractivity contribution in [3.05, 3.63) is 0 Å². The number of aliphatic hydroxyl groups is 1. The normalized spacial score (nSPS) is 15.1. The van der Waals surface area contributed by atoms with Crippen LogP contribution < -0.4 is 0 Å². The van der Waals surface area contributed by atoms with E-state index in [-0.39, 0.29) is 19.4 Å². The second-order valence-corrected chi connectivity index (χ2v) is 16.3. The van der Waals surface area contributed by atoms with Gasteiger partial charge >= 0.3 is 27.6 Å². The first-order valence-corrected chi connectivity index (χ1v) is 21.5. The molecule has 0 aliphatic heterocycles. The zero-order valence-corrected chi connectivity index (χ0v) is 32.4. The number of phosphoric acid groups is 2. The molecule has 0 aromatic rings. The summed E-state index contributed by atoms with van der Waals surface area (Å²) in [4.78, 5) is 52.3. The highest BCUT2D eigenvalue weighted by atomic mass is 31.2. The molecule has 0 bridgehead atoms. The van der Waals surface area contributed by atoms with E-state index in [1.165, 1.54) is 64.2 Å². The minimum absolute atomic E-state index is 0.135. The van der Waals surface area contributed by atoms with E-state index in [1.54, 1.807) is 0 Å². The molecule has 0 heterocycles. The minimum Gasteiger partial charge on any atom is -0.462 e. The molecular weight excluding hydrogens is 678 g/mol. The molecule has 0 aromatic carbocycles. The standard InChI is InChI=1S/C34H68O13P2/c1-5-30(4)22-18-14-11-12-15-19-23-33(36)43-27-32(28-46-49(41,42)45-26-31(35)25-44-48(38,39)40)47-34(37)24-20-16-10-8-6-7-9-13-17-21-29(2)3/h29-32,35H,5-28H2,1-4H3,(H,41,42)(H2,38,39,40)/t30?,31-,32+/m0/s1. The van der Waals surface area contributed by atoms with Crippen molar-refractivity contribution in [3.63, 3.8) is 0 Å². The van der Waals surface area contributed by atoms with Gasteiger partial charge in [-0.2, -0.15) is 0 Å². The third kappa shape index (κ3) is 34.0. The van der Waals surface area contributed by atoms with Gasteiger partial charge in [-0.3, -0.25) is 23.2 Å². The number of rotatable bonds is 34. The largest absolute Gasteiger partial charge is 0.472 e. The molecule has 0 saturated carbocycles. The molecule has 0 spiro atoms. The van der Waals surface area contributed by atoms with Crippen molar-refractivity contribution in [1.29, 1.82) is 0 Å². The van der Waals surface area contributed by atoms with E-state index < -0.39 is 59.6 Å². The number of hydrogen-bond donors (Lipinski definition) is 4. The Balaban J connectivity index is 4.62. The predicted molar refractivity (Wildman–Crippen MR) is 189 cm³/mol. The van der Waals surface area contributed by atoms with Gasteiger partial charge in [-0.25, -0.2) is 9.13 Å². The Morgan fingerprint density at radius 3 is 1.55 bits per heavy atom. The smallest absolute Gasteiger partial charge is 0.462 e. The maximum atomic E-state index is 12.6. The quantitative estimate of drug-likeness (QED) is 0.0280. The summed E-state index contributed by atoms with van der Waals surface area (Å²) in [7, 11) is -9.64. The third-order valence-electron chi connectivity index (χ3n) is 8.20. The van der Waals surface area contributed by atoms with E-state index in [4.69, 9.17) is 23.8 Å². The summed E-state index contributed by atoms with van der Waals surface area (Å²) < 4.78 is 47.5. The van der Waals surface area contributed by atoms with Gasteiger partial charge in [-0.05, 0) is 24.7 Å². The van der Waals surface area contributed by atoms with Crippen molar-refractivity contribution in [3.8, 4) is 0 Å². The molecule has 4 N–H and O–H groups in total. The van der Waals surface area contributed by atoms with Gasteiger partial charge in [0.15, 0.2) is 6.10 Å². The fourth-order valence-electron chi connectivity index (χ4n) is 4.98. The predicted octanol–water partition coefficient (Wildman–Crippen LogP) is 8.16. The van der Waals surface area contributed by atoms with Crippen LogP contribution in [-0.2, 0) is 41.8 Å². The summed E-state index contributed by atoms with van der Waals surface area (Å²) in [5.74, 6) is 0.479. The highest BCUT2D eigenvalue weighted by Gasteiger charge is 2.28. The first kappa shape index (κ1) is 48.1. The van der Waals surface area contributed by atoms with Crippen molar-refractivity contribution in [2.75, 3.05) is 26.4 Å². The van der Waals surface area contributed by atoms with E-state index in [0.29, 0.717) is 12.8 Å². The van der Waals surface area contributed by atoms with Crippen molar-refractivity contribution in [2.45, 2.75) is 168 Å². The molecule has 0 radical (unpaired) electrons. The second kappa shape index (κ2) is 29.7. The van der Waals surface area contributed by atoms with Gasteiger partial charge in [0.25, 0.3) is 0 Å². The van der Waals surface area contributed by atoms with Crippen LogP contribution in [0.15, 0.2) is 0 Å². The van der Waals surface area contributed by atoms with Crippen LogP contribution in [0.25, 0.3) is 0 Å². The molecule has 49 heavy (non-hydrogen) atoms. The maximum absolute atomic E-state index is 12.6. The molecule has 0 aliphatic rings. The van der Waals surface area contributed by atoms with E-state index in [9.17, 15) is 28.7 Å². The monoisotopic (exact) mass is 746 g/mol. The Morgan fingerprint density at radius 1 is 0.592 bits per heavy atom. The fourth-order valence-corrected chi connectivity index (χ4v) is 6.13. The molecule has 0 rings (SSSR count). The number of carbonyl (C=O) groups is 2. The minimum atomic E-state index is -4.85. The molecule has 15 heteroatoms. The number of unbranched alkanes of at least 4 members (excludes halogenated alkanes) is 13. The Labute approximate surface area is 295 Å². The average Bonchev–Trinajstić information content (AvgIpc) is 3.03. The summed E-state index contributed by atoms with van der Waals surface area (Å²) in [6.45, 7) is 6.28. The van der Waals surface area contributed by atoms with Gasteiger partial charge in [0.1, 0.15) is 12.7 Å². The SMILES string of the molecule is CCC(C)CCCCCCCCC(=O)OC[C@H](COP(=O)(O)OC[C@@H](O)COP(=O)(O)O)OC(=O)CCCCCCCCCCCC(C)C. The lowest BCUT2D eigenvalue weighted by Crippen LogP contribution is -2.30. The lowest BCUT2D eigenvalue weighted by molar-refractivity contribution is -0.161. The molecule has 0 fully saturated rings. The number of carbonyl (C=O) groups excluding carboxylic acids is 2. The van der Waals surface area contributed by atoms with Crippen molar-refractivity contribution in [2.24, 2.45) is 11.8 Å². The first-order chi connectivity index (χ1) is 23.1. The molecule has 292 valence electrons. The molecule has 0 aromatic heterocycles. The summed E-state index contributed by atoms with van der Waals surface area (Å²) in [5.41, 5.74) is 0. The van der Waals surface area contributed by atoms with E-state index in [1.807, 2.05) is 0 Å². The van der Waals surface area contributed by atoms with Gasteiger partial charge in [-0.15, -0.1) is 0 Å². The number of esters is 2. The molecular formula is C34H68O13P2. The summed E-state index contributed by atoms with van der Waals surface area (Å²) >= 11 is 0. The number of aliphatic hydroxyl groups excluding tert-OH is 1. The van der Waals surface area contributed by atoms with Gasteiger partial charge < -0.3 is 29.3 Å². The van der Waals surface area contributed by atoms with Crippen LogP contribution in [-0.4, -0.2) is 70.4 Å². The van der Waals surface area contributed by atoms with Crippen LogP contribution in [0.3, 0.4) is 0 Å². The van der Waals surface area contributed by atoms with Crippen LogP contribution in [0.1, 0.15) is 156 Å². The summed E-state index contributed by atoms with van der Waals surface area (Å²) in [5, 5.41) is 9.69. The van der Waals surface area contributed by atoms with Gasteiger partial charge in [0, 0.05) is 12.8 Å². The molecule has 4 atom stereocenters. The zero-order valence-electron chi connectivity index (χ0n) is 30.6. The Bertz CT molecular complexity index is 928. The van der Waals surface area contributed by atoms with Crippen molar-refractivity contribution < 1.29 is 61.6 Å². The highest BCUT2D eigenvalue weighted by Crippen LogP contribution is 2.43. The van der Waals surface area contributed by atoms with E-state index in [0.717, 1.165) is 50.4 Å². The topological polar surface area (TPSA) is 195 Å². The lowest BCUT2D eigenvalue weighted by Gasteiger charge is -2.20. The number of hydrogen-bond acceptors (Lipinski definition) is 10. The van der Waals surface area contributed by atoms with Crippen LogP contribution in [0, 0.1) is 11.8 Å². The number of ether oxygens (including phenoxy) is 2. The maximum Gasteiger partial charge on any atom is 0.472 e. The van der Waals surface area contributed by atoms with Crippen LogP contribution in [0.4, 0.5) is 0 Å². The fraction of sp³-hybridized carbons (Fsp3) is 0.941. The molecule has 0 saturated heterocycles. The van der Waals surface area contributed by atoms with Crippen LogP contribution in [0.2, 0.25) is 0 Å². The summed E-state index contributed by atoms with van der Waals surface area (Å²) in [6.07, 6.45) is 17.2. The zero-order chi connectivity index (χ0) is 37.0. The number of phosphoric ester groups is 2. The second-order valence-electron chi connectivity index (χ2n) is 13.6. The van der Waals surface area contributed by atoms with Gasteiger partial charge in [0.2, 0.25) is 0 Å². The van der Waals surface area contributed by atoms with Gasteiger partial charge in [-0.1, -0.05) is 130 Å². The molecule has 13 nitrogen and oxygen atoms in total. The van der Waals surface area contributed by atoms with Crippen molar-refractivity contribution >= 4 is 27.6 Å². The van der Waals surface area contributed by atoms with E-state index in [2.05, 4.69) is 36.7 Å². The Morgan fingerprint density at radius 2 is 1.04 bits per heavy atom. The van der Waals surface area contributed by atoms with E-state index >= 15 is 0 Å². The molecule has 0 aliphatic carbocycles.